The summed E-state index contributed by atoms with van der Waals surface area (Å²) in [5.41, 5.74) is 9.14. The highest BCUT2D eigenvalue weighted by Gasteiger charge is 2.23. The number of carbonyl (C=O) groups is 1. The van der Waals surface area contributed by atoms with E-state index in [2.05, 4.69) is 25.7 Å². The van der Waals surface area contributed by atoms with Gasteiger partial charge in [-0.1, -0.05) is 0 Å². The van der Waals surface area contributed by atoms with Gasteiger partial charge in [0.1, 0.15) is 17.0 Å². The van der Waals surface area contributed by atoms with Crippen molar-refractivity contribution < 1.29 is 9.53 Å². The van der Waals surface area contributed by atoms with E-state index in [9.17, 15) is 4.79 Å². The standard InChI is InChI=1S/C16H17N7O2/c1-25-12-3-5-19-7-11(12)21-16(24)13-14(17)22-23-8-9-6-18-4-2-10(9)20-15(13)23/h3,5,7-8,18H,2,4,6H2,1H3,(H2,17,22)(H,21,24). The number of carbonyl (C=O) groups excluding carboxylic acids is 1. The predicted molar refractivity (Wildman–Crippen MR) is 91.6 cm³/mol. The molecule has 0 bridgehead atoms. The van der Waals surface area contributed by atoms with E-state index in [1.165, 1.54) is 13.3 Å². The molecule has 25 heavy (non-hydrogen) atoms. The number of aromatic nitrogens is 4. The van der Waals surface area contributed by atoms with Gasteiger partial charge < -0.3 is 21.1 Å². The monoisotopic (exact) mass is 339 g/mol. The number of amides is 1. The Labute approximate surface area is 143 Å². The van der Waals surface area contributed by atoms with E-state index < -0.39 is 5.91 Å². The molecule has 0 saturated carbocycles. The highest BCUT2D eigenvalue weighted by atomic mass is 16.5. The predicted octanol–water partition coefficient (Wildman–Crippen LogP) is 0.613. The molecule has 9 heteroatoms. The van der Waals surface area contributed by atoms with Gasteiger partial charge in [-0.3, -0.25) is 9.78 Å². The lowest BCUT2D eigenvalue weighted by Gasteiger charge is -2.16. The number of ether oxygens (including phenoxy) is 1. The summed E-state index contributed by atoms with van der Waals surface area (Å²) in [6.07, 6.45) is 5.76. The first-order valence-electron chi connectivity index (χ1n) is 7.84. The van der Waals surface area contributed by atoms with Crippen LogP contribution < -0.4 is 21.1 Å². The Balaban J connectivity index is 1.75. The maximum absolute atomic E-state index is 12.8. The van der Waals surface area contributed by atoms with E-state index in [1.54, 1.807) is 16.8 Å². The third-order valence-corrected chi connectivity index (χ3v) is 4.13. The summed E-state index contributed by atoms with van der Waals surface area (Å²) >= 11 is 0. The Kier molecular flexibility index (Phi) is 3.69. The Hall–Kier alpha value is -3.20. The van der Waals surface area contributed by atoms with Crippen molar-refractivity contribution in [2.75, 3.05) is 24.7 Å². The summed E-state index contributed by atoms with van der Waals surface area (Å²) in [4.78, 5) is 21.4. The van der Waals surface area contributed by atoms with Gasteiger partial charge in [0.2, 0.25) is 0 Å². The van der Waals surface area contributed by atoms with Crippen LogP contribution in [0.3, 0.4) is 0 Å². The third-order valence-electron chi connectivity index (χ3n) is 4.13. The molecule has 128 valence electrons. The van der Waals surface area contributed by atoms with Crippen LogP contribution >= 0.6 is 0 Å². The van der Waals surface area contributed by atoms with E-state index in [4.69, 9.17) is 10.5 Å². The molecule has 0 saturated heterocycles. The minimum Gasteiger partial charge on any atom is -0.494 e. The van der Waals surface area contributed by atoms with Crippen molar-refractivity contribution in [1.82, 2.24) is 24.9 Å². The number of fused-ring (bicyclic) bond motifs is 2. The lowest BCUT2D eigenvalue weighted by Crippen LogP contribution is -2.25. The van der Waals surface area contributed by atoms with E-state index in [1.807, 2.05) is 6.20 Å². The Bertz CT molecular complexity index is 967. The van der Waals surface area contributed by atoms with E-state index in [0.717, 1.165) is 30.8 Å². The fraction of sp³-hybridized carbons (Fsp3) is 0.250. The number of hydrogen-bond donors (Lipinski definition) is 3. The molecule has 4 N–H and O–H groups in total. The second-order valence-corrected chi connectivity index (χ2v) is 5.70. The van der Waals surface area contributed by atoms with Crippen molar-refractivity contribution >= 4 is 23.1 Å². The first-order valence-corrected chi connectivity index (χ1v) is 7.84. The largest absolute Gasteiger partial charge is 0.494 e. The van der Waals surface area contributed by atoms with Gasteiger partial charge in [-0.05, 0) is 0 Å². The molecule has 1 aliphatic rings. The van der Waals surface area contributed by atoms with Crippen LogP contribution in [-0.2, 0) is 13.0 Å². The smallest absolute Gasteiger partial charge is 0.263 e. The van der Waals surface area contributed by atoms with Crippen LogP contribution in [0.25, 0.3) is 5.65 Å². The number of rotatable bonds is 3. The number of nitrogen functional groups attached to an aromatic ring is 1. The van der Waals surface area contributed by atoms with Crippen molar-refractivity contribution in [3.63, 3.8) is 0 Å². The molecule has 4 rings (SSSR count). The van der Waals surface area contributed by atoms with Crippen molar-refractivity contribution in [2.45, 2.75) is 13.0 Å². The van der Waals surface area contributed by atoms with Crippen LogP contribution in [0.2, 0.25) is 0 Å². The molecule has 4 heterocycles. The Morgan fingerprint density at radius 2 is 2.36 bits per heavy atom. The van der Waals surface area contributed by atoms with Gasteiger partial charge in [0.05, 0.1) is 19.0 Å². The minimum absolute atomic E-state index is 0.128. The molecule has 3 aromatic rings. The lowest BCUT2D eigenvalue weighted by atomic mass is 10.1. The highest BCUT2D eigenvalue weighted by Crippen LogP contribution is 2.25. The molecule has 0 unspecified atom stereocenters. The van der Waals surface area contributed by atoms with Crippen LogP contribution in [0, 0.1) is 0 Å². The average molecular weight is 339 g/mol. The molecule has 0 fully saturated rings. The number of hydrogen-bond acceptors (Lipinski definition) is 7. The van der Waals surface area contributed by atoms with Crippen LogP contribution in [0.15, 0.2) is 24.7 Å². The topological polar surface area (TPSA) is 119 Å². The fourth-order valence-electron chi connectivity index (χ4n) is 2.91. The van der Waals surface area contributed by atoms with Gasteiger partial charge in [0.15, 0.2) is 11.5 Å². The molecular weight excluding hydrogens is 322 g/mol. The minimum atomic E-state index is -0.403. The molecule has 1 amide bonds. The first kappa shape index (κ1) is 15.3. The number of anilines is 2. The molecule has 0 atom stereocenters. The highest BCUT2D eigenvalue weighted by molar-refractivity contribution is 6.12. The molecule has 0 radical (unpaired) electrons. The molecule has 0 aliphatic carbocycles. The van der Waals surface area contributed by atoms with Crippen molar-refractivity contribution in [2.24, 2.45) is 0 Å². The zero-order valence-corrected chi connectivity index (χ0v) is 13.6. The second-order valence-electron chi connectivity index (χ2n) is 5.70. The summed E-state index contributed by atoms with van der Waals surface area (Å²) in [6.45, 7) is 1.58. The van der Waals surface area contributed by atoms with Crippen LogP contribution in [0.1, 0.15) is 21.6 Å². The van der Waals surface area contributed by atoms with Crippen molar-refractivity contribution in [3.8, 4) is 5.75 Å². The molecule has 9 nitrogen and oxygen atoms in total. The van der Waals surface area contributed by atoms with Gasteiger partial charge in [-0.2, -0.15) is 0 Å². The fourth-order valence-corrected chi connectivity index (χ4v) is 2.91. The molecule has 0 spiro atoms. The normalized spacial score (nSPS) is 13.5. The van der Waals surface area contributed by atoms with Crippen LogP contribution in [-0.4, -0.2) is 39.1 Å². The van der Waals surface area contributed by atoms with E-state index in [-0.39, 0.29) is 11.4 Å². The zero-order chi connectivity index (χ0) is 17.4. The lowest BCUT2D eigenvalue weighted by molar-refractivity contribution is 0.102. The van der Waals surface area contributed by atoms with E-state index in [0.29, 0.717) is 17.1 Å². The number of methoxy groups -OCH3 is 1. The van der Waals surface area contributed by atoms with Gasteiger partial charge in [0.25, 0.3) is 5.91 Å². The van der Waals surface area contributed by atoms with Gasteiger partial charge in [-0.25, -0.2) is 9.50 Å². The number of pyridine rings is 1. The Morgan fingerprint density at radius 3 is 3.20 bits per heavy atom. The molecular formula is C16H17N7O2. The van der Waals surface area contributed by atoms with Gasteiger partial charge >= 0.3 is 0 Å². The first-order chi connectivity index (χ1) is 12.2. The summed E-state index contributed by atoms with van der Waals surface area (Å²) in [5, 5.41) is 10.3. The molecule has 3 aromatic heterocycles. The molecule has 1 aliphatic heterocycles. The van der Waals surface area contributed by atoms with Gasteiger partial charge in [-0.15, -0.1) is 5.10 Å². The SMILES string of the molecule is COc1ccncc1NC(=O)c1c(N)nn2cc3c(nc12)CCNC3. The van der Waals surface area contributed by atoms with Crippen molar-refractivity contribution in [1.29, 1.82) is 0 Å². The molecule has 0 aromatic carbocycles. The maximum Gasteiger partial charge on any atom is 0.263 e. The summed E-state index contributed by atoms with van der Waals surface area (Å²) in [6, 6.07) is 1.66. The maximum atomic E-state index is 12.8. The van der Waals surface area contributed by atoms with Crippen LogP contribution in [0.4, 0.5) is 11.5 Å². The summed E-state index contributed by atoms with van der Waals surface area (Å²) < 4.78 is 6.78. The quantitative estimate of drug-likeness (QED) is 0.639. The average Bonchev–Trinajstić information content (AvgIpc) is 2.94. The van der Waals surface area contributed by atoms with E-state index >= 15 is 0 Å². The third kappa shape index (κ3) is 2.64. The second kappa shape index (κ2) is 6.02. The number of nitrogens with one attached hydrogen (secondary N) is 2. The van der Waals surface area contributed by atoms with Crippen molar-refractivity contribution in [3.05, 3.63) is 41.5 Å². The number of nitrogens with two attached hydrogens (primary N) is 1. The summed E-state index contributed by atoms with van der Waals surface area (Å²) in [7, 11) is 1.52. The van der Waals surface area contributed by atoms with Crippen LogP contribution in [0.5, 0.6) is 5.75 Å². The zero-order valence-electron chi connectivity index (χ0n) is 13.6. The Morgan fingerprint density at radius 1 is 1.48 bits per heavy atom. The van der Waals surface area contributed by atoms with Gasteiger partial charge in [0, 0.05) is 43.5 Å². The summed E-state index contributed by atoms with van der Waals surface area (Å²) in [5.74, 6) is 0.234. The number of nitrogens with zero attached hydrogens (tertiary/aromatic N) is 4.